The number of carbonyl (C=O) groups is 1. The third-order valence-electron chi connectivity index (χ3n) is 4.65. The molecule has 1 aromatic rings. The molecule has 2 aliphatic rings. The predicted molar refractivity (Wildman–Crippen MR) is 79.8 cm³/mol. The van der Waals surface area contributed by atoms with E-state index in [0.717, 1.165) is 38.8 Å². The van der Waals surface area contributed by atoms with E-state index in [1.54, 1.807) is 6.20 Å². The quantitative estimate of drug-likeness (QED) is 0.836. The van der Waals surface area contributed by atoms with Gasteiger partial charge < -0.3 is 9.64 Å². The zero-order chi connectivity index (χ0) is 14.5. The van der Waals surface area contributed by atoms with Gasteiger partial charge in [0.25, 0.3) is 0 Å². The number of piperidine rings is 1. The molecule has 2 heterocycles. The first kappa shape index (κ1) is 14.6. The van der Waals surface area contributed by atoms with Crippen molar-refractivity contribution in [3.05, 3.63) is 18.5 Å². The average Bonchev–Trinajstić information content (AvgIpc) is 3.18. The lowest BCUT2D eigenvalue weighted by Gasteiger charge is -2.36. The van der Waals surface area contributed by atoms with Gasteiger partial charge in [0.2, 0.25) is 5.91 Å². The van der Waals surface area contributed by atoms with Gasteiger partial charge in [-0.2, -0.15) is 5.10 Å². The molecule has 0 N–H and O–H groups in total. The lowest BCUT2D eigenvalue weighted by Crippen LogP contribution is -2.47. The lowest BCUT2D eigenvalue weighted by molar-refractivity contribution is -0.142. The van der Waals surface area contributed by atoms with Crippen molar-refractivity contribution < 1.29 is 9.53 Å². The molecule has 1 saturated heterocycles. The van der Waals surface area contributed by atoms with Crippen LogP contribution in [0.25, 0.3) is 0 Å². The fourth-order valence-corrected chi connectivity index (χ4v) is 3.47. The van der Waals surface area contributed by atoms with E-state index in [2.05, 4.69) is 5.10 Å². The average molecular weight is 291 g/mol. The summed E-state index contributed by atoms with van der Waals surface area (Å²) in [5, 5.41) is 4.26. The summed E-state index contributed by atoms with van der Waals surface area (Å²) in [5.74, 6) is 0.152. The van der Waals surface area contributed by atoms with Crippen molar-refractivity contribution in [1.29, 1.82) is 0 Å². The van der Waals surface area contributed by atoms with E-state index in [0.29, 0.717) is 6.10 Å². The second-order valence-corrected chi connectivity index (χ2v) is 6.18. The van der Waals surface area contributed by atoms with E-state index in [1.807, 2.05) is 21.8 Å². The smallest absolute Gasteiger partial charge is 0.248 e. The minimum absolute atomic E-state index is 0.152. The first-order chi connectivity index (χ1) is 10.3. The van der Waals surface area contributed by atoms with Crippen LogP contribution in [0.5, 0.6) is 0 Å². The van der Waals surface area contributed by atoms with E-state index in [-0.39, 0.29) is 18.6 Å². The van der Waals surface area contributed by atoms with Crippen molar-refractivity contribution in [1.82, 2.24) is 14.7 Å². The Morgan fingerprint density at radius 3 is 2.76 bits per heavy atom. The van der Waals surface area contributed by atoms with Gasteiger partial charge in [-0.1, -0.05) is 12.8 Å². The summed E-state index contributed by atoms with van der Waals surface area (Å²) in [4.78, 5) is 14.5. The highest BCUT2D eigenvalue weighted by Gasteiger charge is 2.28. The Morgan fingerprint density at radius 2 is 2.00 bits per heavy atom. The van der Waals surface area contributed by atoms with Crippen molar-refractivity contribution in [2.24, 2.45) is 0 Å². The molecule has 1 saturated carbocycles. The van der Waals surface area contributed by atoms with Gasteiger partial charge >= 0.3 is 0 Å². The Labute approximate surface area is 126 Å². The molecule has 2 fully saturated rings. The molecule has 1 aromatic heterocycles. The van der Waals surface area contributed by atoms with Gasteiger partial charge in [-0.3, -0.25) is 9.48 Å². The Balaban J connectivity index is 1.53. The van der Waals surface area contributed by atoms with Gasteiger partial charge in [0.15, 0.2) is 0 Å². The van der Waals surface area contributed by atoms with Gasteiger partial charge in [-0.15, -0.1) is 0 Å². The minimum atomic E-state index is 0.152. The largest absolute Gasteiger partial charge is 0.368 e. The fraction of sp³-hybridized carbons (Fsp3) is 0.750. The third kappa shape index (κ3) is 3.84. The SMILES string of the molecule is O=C(COC1CCCC1)N1CCCC[C@@H]1Cn1cccn1. The Hall–Kier alpha value is -1.36. The molecular formula is C16H25N3O2. The lowest BCUT2D eigenvalue weighted by atomic mass is 10.0. The van der Waals surface area contributed by atoms with Crippen LogP contribution >= 0.6 is 0 Å². The van der Waals surface area contributed by atoms with Crippen LogP contribution in [0.4, 0.5) is 0 Å². The van der Waals surface area contributed by atoms with Gasteiger partial charge in [0.1, 0.15) is 6.61 Å². The normalized spacial score (nSPS) is 23.6. The van der Waals surface area contributed by atoms with Crippen LogP contribution in [-0.2, 0) is 16.1 Å². The fourth-order valence-electron chi connectivity index (χ4n) is 3.47. The summed E-state index contributed by atoms with van der Waals surface area (Å²) in [6, 6.07) is 2.19. The van der Waals surface area contributed by atoms with Crippen LogP contribution in [0.1, 0.15) is 44.9 Å². The summed E-state index contributed by atoms with van der Waals surface area (Å²) in [7, 11) is 0. The van der Waals surface area contributed by atoms with E-state index in [1.165, 1.54) is 19.3 Å². The number of ether oxygens (including phenoxy) is 1. The predicted octanol–water partition coefficient (Wildman–Crippen LogP) is 2.22. The summed E-state index contributed by atoms with van der Waals surface area (Å²) < 4.78 is 7.71. The molecule has 0 unspecified atom stereocenters. The second-order valence-electron chi connectivity index (χ2n) is 6.18. The number of amides is 1. The van der Waals surface area contributed by atoms with Crippen LogP contribution in [0, 0.1) is 0 Å². The van der Waals surface area contributed by atoms with Crippen LogP contribution in [0.3, 0.4) is 0 Å². The standard InChI is InChI=1S/C16H25N3O2/c20-16(13-21-15-7-1-2-8-15)19-11-4-3-6-14(19)12-18-10-5-9-17-18/h5,9-10,14-15H,1-4,6-8,11-13H2/t14-/m1/s1. The topological polar surface area (TPSA) is 47.4 Å². The number of nitrogens with zero attached hydrogens (tertiary/aromatic N) is 3. The number of aromatic nitrogens is 2. The molecule has 116 valence electrons. The Bertz CT molecular complexity index is 440. The summed E-state index contributed by atoms with van der Waals surface area (Å²) in [5.41, 5.74) is 0. The second kappa shape index (κ2) is 7.07. The molecule has 5 heteroatoms. The first-order valence-corrected chi connectivity index (χ1v) is 8.21. The molecule has 1 atom stereocenters. The van der Waals surface area contributed by atoms with E-state index >= 15 is 0 Å². The molecule has 1 aliphatic carbocycles. The molecule has 21 heavy (non-hydrogen) atoms. The molecule has 3 rings (SSSR count). The summed E-state index contributed by atoms with van der Waals surface area (Å²) in [6.45, 7) is 1.90. The highest BCUT2D eigenvalue weighted by molar-refractivity contribution is 5.77. The zero-order valence-electron chi connectivity index (χ0n) is 12.6. The molecule has 1 aliphatic heterocycles. The Kier molecular flexibility index (Phi) is 4.91. The van der Waals surface area contributed by atoms with E-state index in [4.69, 9.17) is 4.74 Å². The van der Waals surface area contributed by atoms with Crippen molar-refractivity contribution in [3.63, 3.8) is 0 Å². The number of hydrogen-bond acceptors (Lipinski definition) is 3. The molecule has 0 spiro atoms. The van der Waals surface area contributed by atoms with Crippen LogP contribution in [-0.4, -0.2) is 45.9 Å². The molecule has 1 amide bonds. The number of hydrogen-bond donors (Lipinski definition) is 0. The van der Waals surface area contributed by atoms with Gasteiger partial charge in [-0.05, 0) is 38.2 Å². The van der Waals surface area contributed by atoms with Crippen LogP contribution in [0.2, 0.25) is 0 Å². The first-order valence-electron chi connectivity index (χ1n) is 8.21. The monoisotopic (exact) mass is 291 g/mol. The summed E-state index contributed by atoms with van der Waals surface area (Å²) >= 11 is 0. The summed E-state index contributed by atoms with van der Waals surface area (Å²) in [6.07, 6.45) is 12.1. The van der Waals surface area contributed by atoms with E-state index < -0.39 is 0 Å². The molecule has 0 radical (unpaired) electrons. The van der Waals surface area contributed by atoms with Crippen LogP contribution < -0.4 is 0 Å². The van der Waals surface area contributed by atoms with Gasteiger partial charge in [0.05, 0.1) is 18.7 Å². The number of likely N-dealkylation sites (tertiary alicyclic amines) is 1. The Morgan fingerprint density at radius 1 is 1.19 bits per heavy atom. The maximum Gasteiger partial charge on any atom is 0.248 e. The van der Waals surface area contributed by atoms with Gasteiger partial charge in [0, 0.05) is 18.9 Å². The van der Waals surface area contributed by atoms with Crippen LogP contribution in [0.15, 0.2) is 18.5 Å². The maximum atomic E-state index is 12.5. The minimum Gasteiger partial charge on any atom is -0.368 e. The molecular weight excluding hydrogens is 266 g/mol. The van der Waals surface area contributed by atoms with E-state index in [9.17, 15) is 4.79 Å². The van der Waals surface area contributed by atoms with Crippen molar-refractivity contribution in [2.45, 2.75) is 63.6 Å². The molecule has 5 nitrogen and oxygen atoms in total. The van der Waals surface area contributed by atoms with Crippen molar-refractivity contribution in [3.8, 4) is 0 Å². The van der Waals surface area contributed by atoms with Crippen molar-refractivity contribution in [2.75, 3.05) is 13.2 Å². The van der Waals surface area contributed by atoms with Gasteiger partial charge in [-0.25, -0.2) is 0 Å². The third-order valence-corrected chi connectivity index (χ3v) is 4.65. The molecule has 0 bridgehead atoms. The molecule has 0 aromatic carbocycles. The number of carbonyl (C=O) groups excluding carboxylic acids is 1. The number of rotatable bonds is 5. The highest BCUT2D eigenvalue weighted by Crippen LogP contribution is 2.22. The zero-order valence-corrected chi connectivity index (χ0v) is 12.6. The van der Waals surface area contributed by atoms with Crippen molar-refractivity contribution >= 4 is 5.91 Å². The highest BCUT2D eigenvalue weighted by atomic mass is 16.5. The maximum absolute atomic E-state index is 12.5.